The van der Waals surface area contributed by atoms with Crippen molar-refractivity contribution in [3.63, 3.8) is 0 Å². The number of aliphatic hydroxyl groups is 3. The lowest BCUT2D eigenvalue weighted by Crippen LogP contribution is -2.70. The lowest BCUT2D eigenvalue weighted by molar-refractivity contribution is -0.338. The van der Waals surface area contributed by atoms with E-state index in [9.17, 15) is 34.5 Å². The average Bonchev–Trinajstić information content (AvgIpc) is 3.61. The lowest BCUT2D eigenvalue weighted by atomic mass is 9.42. The first-order chi connectivity index (χ1) is 20.3. The fourth-order valence-corrected chi connectivity index (χ4v) is 11.9. The molecule has 7 aliphatic rings. The second kappa shape index (κ2) is 8.82. The number of esters is 3. The number of epoxide rings is 1. The highest BCUT2D eigenvalue weighted by Gasteiger charge is 2.84. The Kier molecular flexibility index (Phi) is 6.12. The van der Waals surface area contributed by atoms with E-state index in [4.69, 9.17) is 23.7 Å². The number of hydrogen-bond acceptors (Lipinski definition) is 12. The largest absolute Gasteiger partial charge is 0.462 e. The summed E-state index contributed by atoms with van der Waals surface area (Å²) in [4.78, 5) is 52.3. The molecule has 12 nitrogen and oxygen atoms in total. The Morgan fingerprint density at radius 1 is 0.909 bits per heavy atom. The van der Waals surface area contributed by atoms with Crippen molar-refractivity contribution in [3.8, 4) is 0 Å². The Morgan fingerprint density at radius 3 is 2.16 bits per heavy atom. The van der Waals surface area contributed by atoms with E-state index >= 15 is 0 Å². The zero-order valence-corrected chi connectivity index (χ0v) is 26.4. The third kappa shape index (κ3) is 3.27. The topological polar surface area (TPSA) is 178 Å². The van der Waals surface area contributed by atoms with Crippen LogP contribution in [0.1, 0.15) is 68.2 Å². The fourth-order valence-electron chi connectivity index (χ4n) is 11.9. The molecule has 44 heavy (non-hydrogen) atoms. The van der Waals surface area contributed by atoms with Crippen LogP contribution < -0.4 is 0 Å². The van der Waals surface area contributed by atoms with Crippen LogP contribution in [0.4, 0.5) is 0 Å². The van der Waals surface area contributed by atoms with Gasteiger partial charge < -0.3 is 39.0 Å². The van der Waals surface area contributed by atoms with Gasteiger partial charge in [0.1, 0.15) is 24.4 Å². The minimum Gasteiger partial charge on any atom is -0.462 e. The van der Waals surface area contributed by atoms with Gasteiger partial charge in [0.2, 0.25) is 5.79 Å². The molecule has 0 bridgehead atoms. The SMILES string of the molecule is CC(=O)O[C@H]1CC2C([C@@H]3[C@@H](O)[C@@H]4[C@H]([C@H](C)O[C@@]5(C)OC(=O)[C@@](C)(O)[C@]45C)[C@@]13C)[C@@H](O)C(=O)[C@H]1C[C@@H]3O[C@@H]3[C@H](OC(C)=O)[C@]21C. The number of aliphatic hydroxyl groups excluding tert-OH is 2. The van der Waals surface area contributed by atoms with Crippen LogP contribution in [-0.4, -0.2) is 93.1 Å². The molecule has 0 aromatic heterocycles. The third-order valence-corrected chi connectivity index (χ3v) is 14.0. The van der Waals surface area contributed by atoms with Gasteiger partial charge in [-0.15, -0.1) is 0 Å². The second-order valence-corrected chi connectivity index (χ2v) is 15.6. The molecule has 0 spiro atoms. The van der Waals surface area contributed by atoms with Gasteiger partial charge in [0, 0.05) is 61.2 Å². The molecular weight excluding hydrogens is 576 g/mol. The highest BCUT2D eigenvalue weighted by molar-refractivity contribution is 5.88. The van der Waals surface area contributed by atoms with E-state index in [1.165, 1.54) is 20.8 Å². The zero-order valence-electron chi connectivity index (χ0n) is 26.4. The van der Waals surface area contributed by atoms with Crippen LogP contribution >= 0.6 is 0 Å². The van der Waals surface area contributed by atoms with E-state index in [0.717, 1.165) is 0 Å². The van der Waals surface area contributed by atoms with Gasteiger partial charge in [0.05, 0.1) is 23.7 Å². The highest BCUT2D eigenvalue weighted by Crippen LogP contribution is 2.75. The van der Waals surface area contributed by atoms with Crippen LogP contribution in [0, 0.1) is 51.8 Å². The monoisotopic (exact) mass is 620 g/mol. The second-order valence-electron chi connectivity index (χ2n) is 15.6. The number of carbonyl (C=O) groups is 4. The molecule has 7 fully saturated rings. The smallest absolute Gasteiger partial charge is 0.341 e. The van der Waals surface area contributed by atoms with Crippen LogP contribution in [0.2, 0.25) is 0 Å². The summed E-state index contributed by atoms with van der Waals surface area (Å²) in [5.41, 5.74) is -5.56. The molecule has 12 heteroatoms. The van der Waals surface area contributed by atoms with Gasteiger partial charge in [-0.25, -0.2) is 4.79 Å². The van der Waals surface area contributed by atoms with E-state index in [1.807, 2.05) is 20.8 Å². The van der Waals surface area contributed by atoms with Crippen LogP contribution in [0.15, 0.2) is 0 Å². The van der Waals surface area contributed by atoms with Gasteiger partial charge in [-0.2, -0.15) is 0 Å². The summed E-state index contributed by atoms with van der Waals surface area (Å²) in [6.07, 6.45) is -5.00. The summed E-state index contributed by atoms with van der Waals surface area (Å²) in [5, 5.41) is 36.2. The molecular formula is C32H44O12. The Bertz CT molecular complexity index is 1350. The van der Waals surface area contributed by atoms with E-state index in [1.54, 1.807) is 13.8 Å². The first-order valence-electron chi connectivity index (χ1n) is 15.8. The van der Waals surface area contributed by atoms with Crippen molar-refractivity contribution in [2.45, 2.75) is 122 Å². The number of fused-ring (bicyclic) bond motifs is 10. The molecule has 4 aliphatic carbocycles. The lowest BCUT2D eigenvalue weighted by Gasteiger charge is -2.63. The summed E-state index contributed by atoms with van der Waals surface area (Å²) < 4.78 is 30.0. The van der Waals surface area contributed by atoms with Crippen LogP contribution in [0.25, 0.3) is 0 Å². The summed E-state index contributed by atoms with van der Waals surface area (Å²) in [5.74, 6) is -8.14. The standard InChI is InChI=1S/C32H44O12/c1-11-19-21(30(6)31(7,39)27(38)44-32(30,8)43-11)24(37)20-18-14(10-17(29(19,20)5)40-12(2)33)28(4)15(22(35)23(18)36)9-16-25(42-16)26(28)41-13(3)34/h11,14-21,23-26,36-37,39H,9-10H2,1-8H3/t11-,14?,15+,16-,17-,18?,19-,20+,21-,23+,24+,25-,26-,28+,29+,30-,31+,32-/m0/s1. The van der Waals surface area contributed by atoms with E-state index in [2.05, 4.69) is 0 Å². The molecule has 4 saturated carbocycles. The molecule has 0 amide bonds. The van der Waals surface area contributed by atoms with E-state index in [0.29, 0.717) is 6.42 Å². The minimum atomic E-state index is -2.05. The molecule has 3 saturated heterocycles. The highest BCUT2D eigenvalue weighted by atomic mass is 16.7. The quantitative estimate of drug-likeness (QED) is 0.226. The van der Waals surface area contributed by atoms with Crippen LogP contribution in [0.5, 0.6) is 0 Å². The first-order valence-corrected chi connectivity index (χ1v) is 15.8. The van der Waals surface area contributed by atoms with Crippen molar-refractivity contribution >= 4 is 23.7 Å². The van der Waals surface area contributed by atoms with Crippen molar-refractivity contribution in [1.82, 2.24) is 0 Å². The molecule has 18 atom stereocenters. The summed E-state index contributed by atoms with van der Waals surface area (Å²) >= 11 is 0. The fraction of sp³-hybridized carbons (Fsp3) is 0.875. The molecule has 3 aliphatic heterocycles. The average molecular weight is 621 g/mol. The number of ether oxygens (including phenoxy) is 5. The number of ketones is 1. The maximum Gasteiger partial charge on any atom is 0.341 e. The molecule has 3 heterocycles. The maximum atomic E-state index is 14.2. The Balaban J connectivity index is 1.43. The maximum absolute atomic E-state index is 14.2. The van der Waals surface area contributed by atoms with Gasteiger partial charge in [0.25, 0.3) is 0 Å². The van der Waals surface area contributed by atoms with E-state index in [-0.39, 0.29) is 18.3 Å². The number of rotatable bonds is 2. The summed E-state index contributed by atoms with van der Waals surface area (Å²) in [6.45, 7) is 12.8. The Morgan fingerprint density at radius 2 is 1.55 bits per heavy atom. The van der Waals surface area contributed by atoms with Crippen LogP contribution in [0.3, 0.4) is 0 Å². The number of hydrogen-bond donors (Lipinski definition) is 3. The van der Waals surface area contributed by atoms with Crippen molar-refractivity contribution in [2.75, 3.05) is 0 Å². The van der Waals surface area contributed by atoms with Gasteiger partial charge in [0.15, 0.2) is 11.4 Å². The molecule has 7 rings (SSSR count). The molecule has 0 aromatic rings. The van der Waals surface area contributed by atoms with Gasteiger partial charge in [-0.3, -0.25) is 14.4 Å². The Labute approximate surface area is 256 Å². The van der Waals surface area contributed by atoms with Gasteiger partial charge in [-0.05, 0) is 39.5 Å². The Hall–Kier alpha value is -2.12. The van der Waals surface area contributed by atoms with Crippen molar-refractivity contribution < 1.29 is 58.2 Å². The van der Waals surface area contributed by atoms with Crippen molar-refractivity contribution in [2.24, 2.45) is 51.8 Å². The van der Waals surface area contributed by atoms with E-state index < -0.39 is 118 Å². The third-order valence-electron chi connectivity index (χ3n) is 14.0. The summed E-state index contributed by atoms with van der Waals surface area (Å²) in [6, 6.07) is 0. The molecule has 244 valence electrons. The molecule has 2 unspecified atom stereocenters. The minimum absolute atomic E-state index is 0.228. The summed E-state index contributed by atoms with van der Waals surface area (Å²) in [7, 11) is 0. The number of carbonyl (C=O) groups excluding carboxylic acids is 4. The molecule has 0 aromatic carbocycles. The molecule has 0 radical (unpaired) electrons. The van der Waals surface area contributed by atoms with Crippen molar-refractivity contribution in [3.05, 3.63) is 0 Å². The molecule has 3 N–H and O–H groups in total. The number of Topliss-reactive ketones (excluding diaryl/α,β-unsaturated/α-hetero) is 1. The first kappa shape index (κ1) is 30.5. The van der Waals surface area contributed by atoms with Gasteiger partial charge in [-0.1, -0.05) is 13.8 Å². The van der Waals surface area contributed by atoms with Crippen molar-refractivity contribution in [1.29, 1.82) is 0 Å². The van der Waals surface area contributed by atoms with Gasteiger partial charge >= 0.3 is 17.9 Å². The predicted molar refractivity (Wildman–Crippen MR) is 147 cm³/mol. The predicted octanol–water partition coefficient (Wildman–Crippen LogP) is 0.902. The zero-order chi connectivity index (χ0) is 32.3. The normalized spacial score (nSPS) is 60.0. The van der Waals surface area contributed by atoms with Crippen LogP contribution in [-0.2, 0) is 42.9 Å².